The Morgan fingerprint density at radius 3 is 2.84 bits per heavy atom. The smallest absolute Gasteiger partial charge is 0.273 e. The van der Waals surface area contributed by atoms with Crippen molar-refractivity contribution in [2.75, 3.05) is 7.11 Å². The number of aromatic nitrogens is 2. The Labute approximate surface area is 109 Å². The first-order chi connectivity index (χ1) is 9.04. The van der Waals surface area contributed by atoms with Crippen molar-refractivity contribution < 1.29 is 9.66 Å². The number of rotatable bonds is 4. The number of imidazole rings is 1. The molecule has 19 heavy (non-hydrogen) atoms. The van der Waals surface area contributed by atoms with Crippen LogP contribution in [0.3, 0.4) is 0 Å². The molecule has 0 aliphatic heterocycles. The molecule has 2 aromatic rings. The van der Waals surface area contributed by atoms with Gasteiger partial charge < -0.3 is 10.5 Å². The van der Waals surface area contributed by atoms with Crippen molar-refractivity contribution in [3.63, 3.8) is 0 Å². The molecule has 0 saturated heterocycles. The molecule has 0 aliphatic rings. The second kappa shape index (κ2) is 5.07. The van der Waals surface area contributed by atoms with Crippen molar-refractivity contribution >= 4 is 5.69 Å². The maximum Gasteiger partial charge on any atom is 0.273 e. The molecule has 2 N–H and O–H groups in total. The molecule has 1 atom stereocenters. The Kier molecular flexibility index (Phi) is 3.48. The van der Waals surface area contributed by atoms with Gasteiger partial charge in [0.1, 0.15) is 5.75 Å². The van der Waals surface area contributed by atoms with Gasteiger partial charge in [-0.3, -0.25) is 14.7 Å². The minimum absolute atomic E-state index is 0.0249. The van der Waals surface area contributed by atoms with Gasteiger partial charge in [-0.1, -0.05) is 0 Å². The molecule has 1 aromatic carbocycles. The summed E-state index contributed by atoms with van der Waals surface area (Å²) in [6.07, 6.45) is 3.26. The molecule has 1 aromatic heterocycles. The number of benzene rings is 1. The van der Waals surface area contributed by atoms with Crippen LogP contribution in [0.25, 0.3) is 5.69 Å². The quantitative estimate of drug-likeness (QED) is 0.669. The lowest BCUT2D eigenvalue weighted by atomic mass is 10.2. The number of hydrogen-bond donors (Lipinski definition) is 1. The second-order valence-electron chi connectivity index (χ2n) is 4.09. The molecule has 0 amide bonds. The van der Waals surface area contributed by atoms with Gasteiger partial charge in [0.25, 0.3) is 5.69 Å². The summed E-state index contributed by atoms with van der Waals surface area (Å²) in [6.45, 7) is 1.84. The molecule has 100 valence electrons. The average Bonchev–Trinajstić information content (AvgIpc) is 2.87. The maximum atomic E-state index is 10.8. The number of nitrogens with two attached hydrogens (primary N) is 1. The topological polar surface area (TPSA) is 96.2 Å². The highest BCUT2D eigenvalue weighted by molar-refractivity contribution is 5.54. The van der Waals surface area contributed by atoms with Crippen LogP contribution in [-0.4, -0.2) is 21.6 Å². The fourth-order valence-corrected chi connectivity index (χ4v) is 1.82. The van der Waals surface area contributed by atoms with Gasteiger partial charge in [-0.05, 0) is 13.0 Å². The number of nitrogens with zero attached hydrogens (tertiary/aromatic N) is 3. The summed E-state index contributed by atoms with van der Waals surface area (Å²) in [5.41, 5.74) is 7.29. The second-order valence-corrected chi connectivity index (χ2v) is 4.09. The van der Waals surface area contributed by atoms with Crippen molar-refractivity contribution in [3.8, 4) is 11.4 Å². The summed E-state index contributed by atoms with van der Waals surface area (Å²) in [6, 6.07) is 4.20. The van der Waals surface area contributed by atoms with Crippen LogP contribution in [0.1, 0.15) is 18.7 Å². The van der Waals surface area contributed by atoms with Gasteiger partial charge in [-0.2, -0.15) is 0 Å². The summed E-state index contributed by atoms with van der Waals surface area (Å²) in [4.78, 5) is 14.3. The van der Waals surface area contributed by atoms with Crippen LogP contribution in [-0.2, 0) is 0 Å². The molecule has 7 heteroatoms. The Balaban J connectivity index is 2.56. The highest BCUT2D eigenvalue weighted by Gasteiger charge is 2.15. The predicted molar refractivity (Wildman–Crippen MR) is 69.4 cm³/mol. The van der Waals surface area contributed by atoms with Crippen LogP contribution in [0.5, 0.6) is 5.75 Å². The number of non-ortho nitro benzene ring substituents is 1. The summed E-state index contributed by atoms with van der Waals surface area (Å²) in [5, 5.41) is 10.8. The van der Waals surface area contributed by atoms with E-state index in [1.54, 1.807) is 23.2 Å². The lowest BCUT2D eigenvalue weighted by Crippen LogP contribution is -2.11. The highest BCUT2D eigenvalue weighted by Crippen LogP contribution is 2.29. The Morgan fingerprint density at radius 2 is 2.26 bits per heavy atom. The molecular formula is C12H14N4O3. The summed E-state index contributed by atoms with van der Waals surface area (Å²) in [7, 11) is 1.46. The van der Waals surface area contributed by atoms with Crippen LogP contribution < -0.4 is 10.5 Å². The molecule has 0 bridgehead atoms. The van der Waals surface area contributed by atoms with E-state index in [-0.39, 0.29) is 11.7 Å². The van der Waals surface area contributed by atoms with Gasteiger partial charge in [0.15, 0.2) is 0 Å². The molecule has 0 aliphatic carbocycles. The van der Waals surface area contributed by atoms with Crippen LogP contribution in [0.2, 0.25) is 0 Å². The van der Waals surface area contributed by atoms with E-state index in [2.05, 4.69) is 4.98 Å². The number of methoxy groups -OCH3 is 1. The largest absolute Gasteiger partial charge is 0.494 e. The van der Waals surface area contributed by atoms with E-state index in [9.17, 15) is 10.1 Å². The van der Waals surface area contributed by atoms with Crippen molar-refractivity contribution in [1.82, 2.24) is 9.55 Å². The fraction of sp³-hybridized carbons (Fsp3) is 0.250. The number of ether oxygens (including phenoxy) is 1. The first-order valence-electron chi connectivity index (χ1n) is 5.65. The minimum Gasteiger partial charge on any atom is -0.494 e. The molecule has 0 saturated carbocycles. The third-order valence-electron chi connectivity index (χ3n) is 2.77. The standard InChI is InChI=1S/C12H14N4O3/c1-8(13)11-6-14-7-15(11)10-4-3-9(16(17)18)5-12(10)19-2/h3-8H,13H2,1-2H3. The van der Waals surface area contributed by atoms with Crippen molar-refractivity contribution in [2.24, 2.45) is 5.73 Å². The van der Waals surface area contributed by atoms with Crippen LogP contribution >= 0.6 is 0 Å². The third kappa shape index (κ3) is 2.41. The molecule has 1 unspecified atom stereocenters. The zero-order chi connectivity index (χ0) is 14.0. The molecule has 0 fully saturated rings. The molecule has 0 spiro atoms. The summed E-state index contributed by atoms with van der Waals surface area (Å²) >= 11 is 0. The predicted octanol–water partition coefficient (Wildman–Crippen LogP) is 1.81. The fourth-order valence-electron chi connectivity index (χ4n) is 1.82. The number of nitro benzene ring substituents is 1. The Bertz CT molecular complexity index is 607. The first-order valence-corrected chi connectivity index (χ1v) is 5.65. The summed E-state index contributed by atoms with van der Waals surface area (Å²) in [5.74, 6) is 0.397. The van der Waals surface area contributed by atoms with Crippen LogP contribution in [0.15, 0.2) is 30.7 Å². The zero-order valence-electron chi connectivity index (χ0n) is 10.6. The number of nitro groups is 1. The molecular weight excluding hydrogens is 248 g/mol. The maximum absolute atomic E-state index is 10.8. The van der Waals surface area contributed by atoms with Gasteiger partial charge in [0.05, 0.1) is 42.0 Å². The van der Waals surface area contributed by atoms with Crippen molar-refractivity contribution in [1.29, 1.82) is 0 Å². The van der Waals surface area contributed by atoms with E-state index in [4.69, 9.17) is 10.5 Å². The first kappa shape index (κ1) is 13.0. The molecule has 1 heterocycles. The zero-order valence-corrected chi connectivity index (χ0v) is 10.6. The van der Waals surface area contributed by atoms with E-state index >= 15 is 0 Å². The van der Waals surface area contributed by atoms with E-state index in [1.165, 1.54) is 19.2 Å². The lowest BCUT2D eigenvalue weighted by Gasteiger charge is -2.13. The lowest BCUT2D eigenvalue weighted by molar-refractivity contribution is -0.384. The van der Waals surface area contributed by atoms with E-state index in [1.807, 2.05) is 6.92 Å². The monoisotopic (exact) mass is 262 g/mol. The van der Waals surface area contributed by atoms with Gasteiger partial charge in [-0.15, -0.1) is 0 Å². The molecule has 2 rings (SSSR count). The highest BCUT2D eigenvalue weighted by atomic mass is 16.6. The molecule has 7 nitrogen and oxygen atoms in total. The van der Waals surface area contributed by atoms with Gasteiger partial charge in [-0.25, -0.2) is 4.98 Å². The van der Waals surface area contributed by atoms with E-state index in [0.717, 1.165) is 5.69 Å². The average molecular weight is 262 g/mol. The Hall–Kier alpha value is -2.41. The van der Waals surface area contributed by atoms with Crippen LogP contribution in [0, 0.1) is 10.1 Å². The SMILES string of the molecule is COc1cc([N+](=O)[O-])ccc1-n1cncc1C(C)N. The minimum atomic E-state index is -0.466. The summed E-state index contributed by atoms with van der Waals surface area (Å²) < 4.78 is 6.96. The third-order valence-corrected chi connectivity index (χ3v) is 2.77. The van der Waals surface area contributed by atoms with Crippen molar-refractivity contribution in [2.45, 2.75) is 13.0 Å². The normalized spacial score (nSPS) is 12.2. The van der Waals surface area contributed by atoms with Gasteiger partial charge >= 0.3 is 0 Å². The Morgan fingerprint density at radius 1 is 1.53 bits per heavy atom. The van der Waals surface area contributed by atoms with E-state index in [0.29, 0.717) is 11.4 Å². The van der Waals surface area contributed by atoms with E-state index < -0.39 is 4.92 Å². The van der Waals surface area contributed by atoms with Gasteiger partial charge in [0.2, 0.25) is 0 Å². The van der Waals surface area contributed by atoms with Crippen molar-refractivity contribution in [3.05, 3.63) is 46.5 Å². The molecule has 0 radical (unpaired) electrons. The van der Waals surface area contributed by atoms with Gasteiger partial charge in [0, 0.05) is 12.1 Å². The van der Waals surface area contributed by atoms with Crippen LogP contribution in [0.4, 0.5) is 5.69 Å². The number of hydrogen-bond acceptors (Lipinski definition) is 5.